The highest BCUT2D eigenvalue weighted by Crippen LogP contribution is 2.54. The fraction of sp³-hybridized carbons (Fsp3) is 0.267. The minimum Gasteiger partial charge on any atom is -0.287 e. The quantitative estimate of drug-likeness (QED) is 0.401. The van der Waals surface area contributed by atoms with E-state index in [4.69, 9.17) is 0 Å². The first-order valence-corrected chi connectivity index (χ1v) is 6.70. The van der Waals surface area contributed by atoms with Crippen molar-refractivity contribution >= 4 is 11.4 Å². The third-order valence-electron chi connectivity index (χ3n) is 4.20. The standard InChI is InChI=1S/C15H5F9O/c16-4-1-3-2-5(17)14(25)15(3,24)7(8(4)18)6-9(19)11(21)13(23)12(22)10(6)20/h2-4H,1H2/t3-,4+,15-/m1/s1. The predicted octanol–water partition coefficient (Wildman–Crippen LogP) is 4.57. The van der Waals surface area contributed by atoms with Gasteiger partial charge in [-0.2, -0.15) is 0 Å². The molecule has 0 aromatic heterocycles. The lowest BCUT2D eigenvalue weighted by molar-refractivity contribution is -0.125. The van der Waals surface area contributed by atoms with Gasteiger partial charge in [-0.05, 0) is 12.5 Å². The average molecular weight is 372 g/mol. The first-order valence-electron chi connectivity index (χ1n) is 6.70. The molecule has 0 heterocycles. The highest BCUT2D eigenvalue weighted by Gasteiger charge is 2.61. The Hall–Kier alpha value is -2.26. The van der Waals surface area contributed by atoms with Crippen LogP contribution in [0.5, 0.6) is 0 Å². The lowest BCUT2D eigenvalue weighted by Crippen LogP contribution is -2.44. The van der Waals surface area contributed by atoms with Gasteiger partial charge in [0.25, 0.3) is 0 Å². The average Bonchev–Trinajstić information content (AvgIpc) is 2.78. The van der Waals surface area contributed by atoms with Crippen LogP contribution < -0.4 is 0 Å². The van der Waals surface area contributed by atoms with Gasteiger partial charge >= 0.3 is 0 Å². The molecule has 3 rings (SSSR count). The lowest BCUT2D eigenvalue weighted by atomic mass is 9.73. The molecular weight excluding hydrogens is 367 g/mol. The van der Waals surface area contributed by atoms with Gasteiger partial charge in [0.05, 0.1) is 5.56 Å². The Bertz CT molecular complexity index is 843. The van der Waals surface area contributed by atoms with Gasteiger partial charge in [0.1, 0.15) is 5.83 Å². The summed E-state index contributed by atoms with van der Waals surface area (Å²) in [5.74, 6) is -21.1. The van der Waals surface area contributed by atoms with Gasteiger partial charge in [0, 0.05) is 11.5 Å². The number of carbonyl (C=O) groups excluding carboxylic acids is 1. The van der Waals surface area contributed by atoms with Gasteiger partial charge in [0.15, 0.2) is 35.3 Å². The molecule has 134 valence electrons. The maximum atomic E-state index is 15.1. The Balaban J connectivity index is 2.40. The van der Waals surface area contributed by atoms with Gasteiger partial charge in [-0.1, -0.05) is 0 Å². The number of ketones is 1. The van der Waals surface area contributed by atoms with Crippen molar-refractivity contribution in [3.63, 3.8) is 0 Å². The van der Waals surface area contributed by atoms with E-state index in [0.717, 1.165) is 0 Å². The summed E-state index contributed by atoms with van der Waals surface area (Å²) in [4.78, 5) is 11.7. The molecule has 0 amide bonds. The van der Waals surface area contributed by atoms with Crippen molar-refractivity contribution in [3.05, 3.63) is 52.4 Å². The van der Waals surface area contributed by atoms with E-state index >= 15 is 4.39 Å². The van der Waals surface area contributed by atoms with E-state index in [0.29, 0.717) is 0 Å². The van der Waals surface area contributed by atoms with Crippen LogP contribution in [0.1, 0.15) is 12.0 Å². The predicted molar refractivity (Wildman–Crippen MR) is 65.3 cm³/mol. The zero-order chi connectivity index (χ0) is 18.8. The van der Waals surface area contributed by atoms with Crippen molar-refractivity contribution in [3.8, 4) is 0 Å². The number of halogens is 9. The van der Waals surface area contributed by atoms with Crippen molar-refractivity contribution in [2.75, 3.05) is 0 Å². The van der Waals surface area contributed by atoms with Crippen molar-refractivity contribution in [1.29, 1.82) is 0 Å². The molecule has 25 heavy (non-hydrogen) atoms. The highest BCUT2D eigenvalue weighted by molar-refractivity contribution is 6.12. The molecule has 1 aromatic rings. The monoisotopic (exact) mass is 372 g/mol. The van der Waals surface area contributed by atoms with Crippen LogP contribution in [-0.4, -0.2) is 17.6 Å². The first-order chi connectivity index (χ1) is 11.5. The van der Waals surface area contributed by atoms with Crippen LogP contribution in [0.15, 0.2) is 17.7 Å². The molecule has 3 atom stereocenters. The summed E-state index contributed by atoms with van der Waals surface area (Å²) in [6.45, 7) is 0. The largest absolute Gasteiger partial charge is 0.287 e. The number of Topliss-reactive ketones (excluding diaryl/α,β-unsaturated/α-hetero) is 1. The molecule has 1 nitrogen and oxygen atoms in total. The fourth-order valence-corrected chi connectivity index (χ4v) is 3.02. The van der Waals surface area contributed by atoms with Gasteiger partial charge in [-0.15, -0.1) is 0 Å². The van der Waals surface area contributed by atoms with E-state index in [9.17, 15) is 39.9 Å². The molecule has 10 heteroatoms. The molecule has 0 aliphatic heterocycles. The Labute approximate surface area is 133 Å². The molecule has 0 radical (unpaired) electrons. The van der Waals surface area contributed by atoms with Gasteiger partial charge < -0.3 is 0 Å². The summed E-state index contributed by atoms with van der Waals surface area (Å²) in [5.41, 5.74) is -7.99. The van der Waals surface area contributed by atoms with Crippen LogP contribution >= 0.6 is 0 Å². The Morgan fingerprint density at radius 2 is 1.36 bits per heavy atom. The maximum absolute atomic E-state index is 15.1. The van der Waals surface area contributed by atoms with E-state index in [2.05, 4.69) is 0 Å². The topological polar surface area (TPSA) is 17.1 Å². The molecule has 1 aromatic carbocycles. The molecule has 2 aliphatic carbocycles. The van der Waals surface area contributed by atoms with Crippen LogP contribution in [0, 0.1) is 35.0 Å². The molecular formula is C15H5F9O. The van der Waals surface area contributed by atoms with Gasteiger partial charge in [-0.25, -0.2) is 39.5 Å². The molecule has 0 unspecified atom stereocenters. The minimum absolute atomic E-state index is 0.285. The zero-order valence-electron chi connectivity index (χ0n) is 11.7. The number of carbonyl (C=O) groups is 1. The summed E-state index contributed by atoms with van der Waals surface area (Å²) < 4.78 is 124. The van der Waals surface area contributed by atoms with E-state index in [1.165, 1.54) is 0 Å². The maximum Gasteiger partial charge on any atom is 0.233 e. The van der Waals surface area contributed by atoms with Crippen molar-refractivity contribution in [1.82, 2.24) is 0 Å². The van der Waals surface area contributed by atoms with Gasteiger partial charge in [-0.3, -0.25) is 4.79 Å². The lowest BCUT2D eigenvalue weighted by Gasteiger charge is -2.34. The number of hydrogen-bond donors (Lipinski definition) is 0. The SMILES string of the molecule is O=C1C(F)=C[C@H]2C[C@H](F)C(F)=C(c3c(F)c(F)c(F)c(F)c3F)[C@@]12F. The third-order valence-corrected chi connectivity index (χ3v) is 4.20. The summed E-state index contributed by atoms with van der Waals surface area (Å²) in [6, 6.07) is 0. The molecule has 2 aliphatic rings. The normalized spacial score (nSPS) is 29.2. The second-order valence-corrected chi connectivity index (χ2v) is 5.53. The van der Waals surface area contributed by atoms with Crippen LogP contribution in [0.3, 0.4) is 0 Å². The smallest absolute Gasteiger partial charge is 0.233 e. The van der Waals surface area contributed by atoms with Crippen LogP contribution in [-0.2, 0) is 4.79 Å². The minimum atomic E-state index is -3.82. The number of rotatable bonds is 1. The molecule has 0 saturated heterocycles. The van der Waals surface area contributed by atoms with Crippen molar-refractivity contribution in [2.24, 2.45) is 5.92 Å². The molecule has 0 spiro atoms. The van der Waals surface area contributed by atoms with E-state index in [1.54, 1.807) is 0 Å². The number of allylic oxidation sites excluding steroid dienone is 4. The van der Waals surface area contributed by atoms with Crippen LogP contribution in [0.2, 0.25) is 0 Å². The summed E-state index contributed by atoms with van der Waals surface area (Å²) in [5, 5.41) is 0. The summed E-state index contributed by atoms with van der Waals surface area (Å²) in [7, 11) is 0. The van der Waals surface area contributed by atoms with E-state index < -0.39 is 81.8 Å². The number of fused-ring (bicyclic) bond motifs is 1. The van der Waals surface area contributed by atoms with Gasteiger partial charge in [0.2, 0.25) is 17.3 Å². The van der Waals surface area contributed by atoms with Crippen LogP contribution in [0.25, 0.3) is 5.57 Å². The summed E-state index contributed by atoms with van der Waals surface area (Å²) in [6.07, 6.45) is -3.53. The van der Waals surface area contributed by atoms with Crippen molar-refractivity contribution < 1.29 is 44.3 Å². The zero-order valence-corrected chi connectivity index (χ0v) is 11.7. The highest BCUT2D eigenvalue weighted by atomic mass is 19.2. The Kier molecular flexibility index (Phi) is 3.77. The first kappa shape index (κ1) is 17.6. The fourth-order valence-electron chi connectivity index (χ4n) is 3.02. The molecule has 0 bridgehead atoms. The Morgan fingerprint density at radius 1 is 0.880 bits per heavy atom. The number of benzene rings is 1. The molecule has 0 N–H and O–H groups in total. The van der Waals surface area contributed by atoms with Crippen molar-refractivity contribution in [2.45, 2.75) is 18.3 Å². The van der Waals surface area contributed by atoms with E-state index in [-0.39, 0.29) is 6.08 Å². The summed E-state index contributed by atoms with van der Waals surface area (Å²) >= 11 is 0. The third kappa shape index (κ3) is 2.09. The number of alkyl halides is 2. The van der Waals surface area contributed by atoms with Crippen LogP contribution in [0.4, 0.5) is 39.5 Å². The molecule has 0 fully saturated rings. The number of hydrogen-bond acceptors (Lipinski definition) is 1. The Morgan fingerprint density at radius 3 is 1.88 bits per heavy atom. The second kappa shape index (κ2) is 5.37. The van der Waals surface area contributed by atoms with E-state index in [1.807, 2.05) is 0 Å². The molecule has 0 saturated carbocycles. The second-order valence-electron chi connectivity index (χ2n) is 5.53.